The van der Waals surface area contributed by atoms with E-state index >= 15 is 0 Å². The lowest BCUT2D eigenvalue weighted by atomic mass is 9.91. The molecule has 2 saturated heterocycles. The Balaban J connectivity index is 2.19. The maximum Gasteiger partial charge on any atom is 0.329 e. The minimum absolute atomic E-state index is 0.0851. The predicted molar refractivity (Wildman–Crippen MR) is 256 cm³/mol. The molecule has 0 aliphatic carbocycles. The summed E-state index contributed by atoms with van der Waals surface area (Å²) in [5, 5.41) is 29.4. The second-order valence-corrected chi connectivity index (χ2v) is 19.6. The molecule has 2 heterocycles. The molecule has 0 radical (unpaired) electrons. The molecule has 2 aliphatic rings. The fourth-order valence-corrected chi connectivity index (χ4v) is 8.62. The van der Waals surface area contributed by atoms with Gasteiger partial charge in [0.1, 0.15) is 42.1 Å². The van der Waals surface area contributed by atoms with E-state index in [0.29, 0.717) is 24.2 Å². The van der Waals surface area contributed by atoms with Crippen molar-refractivity contribution in [3.05, 3.63) is 29.8 Å². The van der Waals surface area contributed by atoms with Crippen LogP contribution in [0.25, 0.3) is 0 Å². The number of fused-ring (bicyclic) bond motifs is 1. The van der Waals surface area contributed by atoms with E-state index in [4.69, 9.17) is 14.2 Å². The quantitative estimate of drug-likeness (QED) is 0.131. The molecule has 0 spiro atoms. The third-order valence-electron chi connectivity index (χ3n) is 13.1. The Hall–Kier alpha value is -5.63. The average Bonchev–Trinajstić information content (AvgIpc) is 3.81. The number of carbonyl (C=O) groups excluding carboxylic acids is 9. The van der Waals surface area contributed by atoms with Crippen LogP contribution in [0.4, 0.5) is 0 Å². The fourth-order valence-electron chi connectivity index (χ4n) is 8.62. The van der Waals surface area contributed by atoms with Gasteiger partial charge in [-0.2, -0.15) is 0 Å². The maximum atomic E-state index is 14.7. The van der Waals surface area contributed by atoms with Crippen LogP contribution in [0.3, 0.4) is 0 Å². The number of esters is 2. The van der Waals surface area contributed by atoms with Crippen LogP contribution in [0, 0.1) is 23.7 Å². The van der Waals surface area contributed by atoms with Gasteiger partial charge in [-0.05, 0) is 81.9 Å². The van der Waals surface area contributed by atoms with Gasteiger partial charge in [-0.25, -0.2) is 4.79 Å². The van der Waals surface area contributed by atoms with E-state index in [1.54, 1.807) is 52.0 Å². The summed E-state index contributed by atoms with van der Waals surface area (Å²) in [6.45, 7) is 14.7. The number of benzene rings is 1. The van der Waals surface area contributed by atoms with E-state index < -0.39 is 132 Å². The van der Waals surface area contributed by atoms with Gasteiger partial charge < -0.3 is 55.1 Å². The molecule has 2 fully saturated rings. The number of ether oxygens (including phenoxy) is 3. The third kappa shape index (κ3) is 16.2. The Morgan fingerprint density at radius 3 is 2.16 bits per heavy atom. The molecule has 20 heteroatoms. The standard InChI is InChI=1S/C50H78N6O14/c1-13-29(6)41-38(58)26-40(60)70-44(28(4)5)43(61)30(7)45(62)51-35(24-27(2)3)48(65)56-23-14-16-36(56)49(66)55(11)37(25-33-18-20-34(68-12)21-19-33)50(67)69-32(9)42(46(63)53-41)52-39(59)17-15-22-54(10)47(64)31(8)57/h18-21,27-32,35-38,41-42,44,57-58H,13-17,22-26H2,1-12H3,(H,51,62)(H,52,59)(H,53,63)/t29-,30-,31-,32-,35+,36-,37-,38+,41+,42-,44+/m0/s1. The van der Waals surface area contributed by atoms with Crippen LogP contribution >= 0.6 is 0 Å². The SMILES string of the molecule is CC[C@H](C)[C@H]1NC(=O)[C@@H](NC(=O)CCCN(C)C(=O)[C@H](C)O)[C@H](C)OC(=O)[C@H](Cc2ccc(OC)cc2)N(C)C(=O)[C@@H]2CCCN2C(=O)[C@@H](CC(C)C)NC(=O)[C@@H](C)C(=O)[C@@H](C(C)C)OC(=O)C[C@H]1O. The van der Waals surface area contributed by atoms with Crippen LogP contribution < -0.4 is 20.7 Å². The summed E-state index contributed by atoms with van der Waals surface area (Å²) >= 11 is 0. The number of ketones is 1. The van der Waals surface area contributed by atoms with Crippen molar-refractivity contribution in [2.45, 2.75) is 168 Å². The van der Waals surface area contributed by atoms with Gasteiger partial charge in [0.05, 0.1) is 31.6 Å². The molecule has 11 atom stereocenters. The summed E-state index contributed by atoms with van der Waals surface area (Å²) < 4.78 is 17.0. The molecule has 2 aliphatic heterocycles. The Labute approximate surface area is 412 Å². The van der Waals surface area contributed by atoms with E-state index in [9.17, 15) is 53.4 Å². The van der Waals surface area contributed by atoms with E-state index in [-0.39, 0.29) is 51.1 Å². The first-order valence-corrected chi connectivity index (χ1v) is 24.5. The van der Waals surface area contributed by atoms with Crippen molar-refractivity contribution in [2.24, 2.45) is 23.7 Å². The number of nitrogens with zero attached hydrogens (tertiary/aromatic N) is 3. The van der Waals surface area contributed by atoms with Crippen LogP contribution in [0.5, 0.6) is 5.75 Å². The highest BCUT2D eigenvalue weighted by Gasteiger charge is 2.44. The second-order valence-electron chi connectivity index (χ2n) is 19.6. The summed E-state index contributed by atoms with van der Waals surface area (Å²) in [7, 11) is 4.37. The van der Waals surface area contributed by atoms with Gasteiger partial charge in [-0.1, -0.05) is 60.1 Å². The first kappa shape index (κ1) is 58.7. The molecule has 6 amide bonds. The molecule has 70 heavy (non-hydrogen) atoms. The van der Waals surface area contributed by atoms with Crippen LogP contribution in [0.15, 0.2) is 24.3 Å². The first-order chi connectivity index (χ1) is 32.8. The monoisotopic (exact) mass is 987 g/mol. The van der Waals surface area contributed by atoms with E-state index in [1.807, 2.05) is 13.8 Å². The Kier molecular flexibility index (Phi) is 22.7. The van der Waals surface area contributed by atoms with Crippen molar-refractivity contribution in [2.75, 3.05) is 34.3 Å². The lowest BCUT2D eigenvalue weighted by molar-refractivity contribution is -0.163. The highest BCUT2D eigenvalue weighted by Crippen LogP contribution is 2.26. The fraction of sp³-hybridized carbons (Fsp3) is 0.700. The minimum atomic E-state index is -1.61. The van der Waals surface area contributed by atoms with Gasteiger partial charge in [0.25, 0.3) is 5.91 Å². The van der Waals surface area contributed by atoms with E-state index in [0.717, 1.165) is 0 Å². The number of rotatable bonds is 14. The van der Waals surface area contributed by atoms with Gasteiger partial charge in [-0.15, -0.1) is 0 Å². The predicted octanol–water partition coefficient (Wildman–Crippen LogP) is 1.69. The summed E-state index contributed by atoms with van der Waals surface area (Å²) in [5.41, 5.74) is 0.598. The first-order valence-electron chi connectivity index (χ1n) is 24.5. The van der Waals surface area contributed by atoms with Crippen LogP contribution in [0.1, 0.15) is 113 Å². The Morgan fingerprint density at radius 2 is 1.59 bits per heavy atom. The number of aliphatic hydroxyl groups is 2. The van der Waals surface area contributed by atoms with Gasteiger partial charge in [-0.3, -0.25) is 38.4 Å². The van der Waals surface area contributed by atoms with Crippen molar-refractivity contribution in [3.63, 3.8) is 0 Å². The number of likely N-dealkylation sites (N-methyl/N-ethyl adjacent to an activating group) is 2. The topological polar surface area (TPSA) is 268 Å². The molecule has 0 unspecified atom stereocenters. The number of carbonyl (C=O) groups is 9. The molecule has 5 N–H and O–H groups in total. The molecular formula is C50H78N6O14. The maximum absolute atomic E-state index is 14.7. The molecular weight excluding hydrogens is 909 g/mol. The van der Waals surface area contributed by atoms with Crippen molar-refractivity contribution in [1.29, 1.82) is 0 Å². The summed E-state index contributed by atoms with van der Waals surface area (Å²) in [6, 6.07) is 0.440. The number of Topliss-reactive ketones (excluding diaryl/α,β-unsaturated/α-hetero) is 1. The van der Waals surface area contributed by atoms with Crippen molar-refractivity contribution in [3.8, 4) is 5.75 Å². The molecule has 1 aromatic carbocycles. The molecule has 0 aromatic heterocycles. The van der Waals surface area contributed by atoms with Gasteiger partial charge >= 0.3 is 11.9 Å². The highest BCUT2D eigenvalue weighted by atomic mass is 16.6. The van der Waals surface area contributed by atoms with Crippen molar-refractivity contribution < 1.29 is 67.6 Å². The number of nitrogens with one attached hydrogen (secondary N) is 3. The largest absolute Gasteiger partial charge is 0.497 e. The Bertz CT molecular complexity index is 1990. The van der Waals surface area contributed by atoms with E-state index in [2.05, 4.69) is 16.0 Å². The minimum Gasteiger partial charge on any atom is -0.497 e. The smallest absolute Gasteiger partial charge is 0.329 e. The molecule has 0 saturated carbocycles. The van der Waals surface area contributed by atoms with Crippen molar-refractivity contribution >= 4 is 53.2 Å². The Morgan fingerprint density at radius 1 is 0.943 bits per heavy atom. The molecule has 20 nitrogen and oxygen atoms in total. The van der Waals surface area contributed by atoms with Gasteiger partial charge in [0.15, 0.2) is 11.9 Å². The third-order valence-corrected chi connectivity index (χ3v) is 13.1. The lowest BCUT2D eigenvalue weighted by Crippen LogP contribution is -2.59. The summed E-state index contributed by atoms with van der Waals surface area (Å²) in [4.78, 5) is 129. The second kappa shape index (κ2) is 27.1. The highest BCUT2D eigenvalue weighted by molar-refractivity contribution is 6.05. The number of aliphatic hydroxyl groups excluding tert-OH is 2. The molecule has 0 bridgehead atoms. The zero-order chi connectivity index (χ0) is 52.7. The number of hydrogen-bond donors (Lipinski definition) is 5. The van der Waals surface area contributed by atoms with Crippen molar-refractivity contribution in [1.82, 2.24) is 30.7 Å². The van der Waals surface area contributed by atoms with E-state index in [1.165, 1.54) is 56.7 Å². The average molecular weight is 987 g/mol. The van der Waals surface area contributed by atoms with Gasteiger partial charge in [0, 0.05) is 40.0 Å². The van der Waals surface area contributed by atoms with Gasteiger partial charge in [0.2, 0.25) is 29.5 Å². The van der Waals surface area contributed by atoms with Crippen LogP contribution in [-0.2, 0) is 59.0 Å². The van der Waals surface area contributed by atoms with Crippen LogP contribution in [0.2, 0.25) is 0 Å². The lowest BCUT2D eigenvalue weighted by Gasteiger charge is -2.35. The molecule has 392 valence electrons. The van der Waals surface area contributed by atoms with Crippen LogP contribution in [-0.4, -0.2) is 167 Å². The molecule has 3 rings (SSSR count). The zero-order valence-electron chi connectivity index (χ0n) is 43.0. The molecule has 1 aromatic rings. The normalized spacial score (nSPS) is 27.0. The summed E-state index contributed by atoms with van der Waals surface area (Å²) in [6.07, 6.45) is -5.37. The zero-order valence-corrected chi connectivity index (χ0v) is 43.0. The number of methoxy groups -OCH3 is 1. The number of cyclic esters (lactones) is 2. The summed E-state index contributed by atoms with van der Waals surface area (Å²) in [5.74, 6) is -8.85. The number of amides is 6. The number of hydrogen-bond acceptors (Lipinski definition) is 14.